The van der Waals surface area contributed by atoms with Gasteiger partial charge in [0.05, 0.1) is 12.2 Å². The molecule has 0 aliphatic heterocycles. The minimum atomic E-state index is -1.10. The minimum absolute atomic E-state index is 0.00471. The van der Waals surface area contributed by atoms with Gasteiger partial charge in [-0.3, -0.25) is 33.6 Å². The monoisotopic (exact) mass is 1510 g/mol. The molecule has 1 unspecified atom stereocenters. The molecule has 0 fully saturated rings. The Kier molecular flexibility index (Phi) is 46.6. The third kappa shape index (κ3) is 39.9. The van der Waals surface area contributed by atoms with Crippen molar-refractivity contribution < 1.29 is 72.1 Å². The van der Waals surface area contributed by atoms with Crippen molar-refractivity contribution in [1.82, 2.24) is 0 Å². The summed E-state index contributed by atoms with van der Waals surface area (Å²) in [5, 5.41) is 9.01. The Morgan fingerprint density at radius 3 is 1.09 bits per heavy atom. The number of carbonyl (C=O) groups is 11. The summed E-state index contributed by atoms with van der Waals surface area (Å²) in [5.74, 6) is -2.03. The first-order valence-electron chi connectivity index (χ1n) is 35.3. The average molecular weight is 1510 g/mol. The number of hydrogen-bond acceptors (Lipinski definition) is 14. The Morgan fingerprint density at radius 2 is 0.759 bits per heavy atom. The molecule has 0 amide bonds. The lowest BCUT2D eigenvalue weighted by molar-refractivity contribution is -0.139. The Morgan fingerprint density at radius 1 is 0.393 bits per heavy atom. The fourth-order valence-electron chi connectivity index (χ4n) is 9.49. The van der Waals surface area contributed by atoms with E-state index in [0.717, 1.165) is 56.1 Å². The maximum absolute atomic E-state index is 11.6. The third-order valence-electron chi connectivity index (χ3n) is 15.8. The maximum Gasteiger partial charge on any atom is 0.338 e. The lowest BCUT2D eigenvalue weighted by Crippen LogP contribution is -2.19. The second-order valence-corrected chi connectivity index (χ2v) is 25.1. The van der Waals surface area contributed by atoms with Gasteiger partial charge in [-0.05, 0) is 173 Å². The van der Waals surface area contributed by atoms with E-state index in [-0.39, 0.29) is 76.8 Å². The van der Waals surface area contributed by atoms with E-state index in [9.17, 15) is 52.7 Å². The predicted molar refractivity (Wildman–Crippen MR) is 454 cm³/mol. The molecule has 15 nitrogen and oxygen atoms in total. The third-order valence-corrected chi connectivity index (χ3v) is 15.8. The highest BCUT2D eigenvalue weighted by atomic mass is 16.5. The second-order valence-electron chi connectivity index (χ2n) is 25.1. The van der Waals surface area contributed by atoms with Gasteiger partial charge in [0.25, 0.3) is 0 Å². The van der Waals surface area contributed by atoms with E-state index < -0.39 is 23.9 Å². The molecule has 0 saturated carbocycles. The van der Waals surface area contributed by atoms with Gasteiger partial charge in [-0.25, -0.2) is 19.2 Å². The number of benzene rings is 7. The van der Waals surface area contributed by atoms with Gasteiger partial charge in [0.15, 0.2) is 40.5 Å². The highest BCUT2D eigenvalue weighted by Gasteiger charge is 2.24. The smallest absolute Gasteiger partial charge is 0.338 e. The Bertz CT molecular complexity index is 4290. The number of carbonyl (C=O) groups excluding carboxylic acids is 10. The number of ketones is 7. The van der Waals surface area contributed by atoms with Crippen LogP contribution < -0.4 is 9.47 Å². The first-order valence-corrected chi connectivity index (χ1v) is 35.3. The van der Waals surface area contributed by atoms with Crippen molar-refractivity contribution in [2.45, 2.75) is 90.9 Å². The van der Waals surface area contributed by atoms with Gasteiger partial charge >= 0.3 is 23.9 Å². The zero-order chi connectivity index (χ0) is 84.1. The molecular formula is C97H102O15. The van der Waals surface area contributed by atoms with Gasteiger partial charge < -0.3 is 19.3 Å². The van der Waals surface area contributed by atoms with Gasteiger partial charge in [-0.1, -0.05) is 258 Å². The van der Waals surface area contributed by atoms with E-state index >= 15 is 0 Å². The SMILES string of the molecule is C=C(C)C(=O)Oc1ccc(C(C)(C)c2ccc(OC(=O)C(=C)C)cc2)cc1.C=CC(=O)CC(COC(=O)C=C)Cc1ccccc1.C=CC(=O)CCCC(=O)C=C.C=CC(=O)Cc1cc(CC(=O)C=C)cc(C(=O)O)c1.C=CC(=O)Cc1ccc(CC(=O)C=C)cc1.C=Cc1cccc(C=C)c1.C=Cc1ccccc1C=C. The van der Waals surface area contributed by atoms with Gasteiger partial charge in [0.2, 0.25) is 0 Å². The van der Waals surface area contributed by atoms with Crippen molar-refractivity contribution in [1.29, 1.82) is 0 Å². The number of ether oxygens (including phenoxy) is 3. The van der Waals surface area contributed by atoms with E-state index in [4.69, 9.17) is 19.3 Å². The lowest BCUT2D eigenvalue weighted by atomic mass is 9.78. The summed E-state index contributed by atoms with van der Waals surface area (Å²) in [6.45, 7) is 56.5. The first kappa shape index (κ1) is 96.5. The molecule has 0 aliphatic rings. The van der Waals surface area contributed by atoms with E-state index in [2.05, 4.69) is 106 Å². The van der Waals surface area contributed by atoms with Crippen LogP contribution in [-0.2, 0) is 90.2 Å². The molecule has 580 valence electrons. The van der Waals surface area contributed by atoms with Crippen molar-refractivity contribution >= 4 is 88.7 Å². The molecule has 15 heteroatoms. The van der Waals surface area contributed by atoms with Crippen LogP contribution in [0.2, 0.25) is 0 Å². The molecular weight excluding hydrogens is 1410 g/mol. The van der Waals surface area contributed by atoms with Crippen molar-refractivity contribution in [2.75, 3.05) is 6.61 Å². The zero-order valence-corrected chi connectivity index (χ0v) is 64.8. The van der Waals surface area contributed by atoms with Crippen molar-refractivity contribution in [3.8, 4) is 11.5 Å². The van der Waals surface area contributed by atoms with Crippen LogP contribution >= 0.6 is 0 Å². The molecule has 7 rings (SSSR count). The average Bonchev–Trinajstić information content (AvgIpc) is 0.802. The van der Waals surface area contributed by atoms with E-state index in [1.165, 1.54) is 54.7 Å². The zero-order valence-electron chi connectivity index (χ0n) is 64.8. The van der Waals surface area contributed by atoms with E-state index in [0.29, 0.717) is 78.7 Å². The fourth-order valence-corrected chi connectivity index (χ4v) is 9.49. The van der Waals surface area contributed by atoms with Crippen LogP contribution in [0.1, 0.15) is 125 Å². The van der Waals surface area contributed by atoms with Gasteiger partial charge in [0, 0.05) is 73.5 Å². The Hall–Kier alpha value is -13.5. The minimum Gasteiger partial charge on any atom is -0.478 e. The summed E-state index contributed by atoms with van der Waals surface area (Å²) >= 11 is 0. The highest BCUT2D eigenvalue weighted by Crippen LogP contribution is 2.34. The van der Waals surface area contributed by atoms with E-state index in [1.807, 2.05) is 152 Å². The fraction of sp³-hybridized carbons (Fsp3) is 0.165. The van der Waals surface area contributed by atoms with Crippen LogP contribution in [0.3, 0.4) is 0 Å². The molecule has 0 bridgehead atoms. The number of carboxylic acids is 1. The molecule has 7 aromatic rings. The molecule has 0 spiro atoms. The van der Waals surface area contributed by atoms with Crippen LogP contribution in [0.15, 0.2) is 322 Å². The molecule has 1 atom stereocenters. The Balaban J connectivity index is 0.000000672. The molecule has 0 aliphatic carbocycles. The highest BCUT2D eigenvalue weighted by molar-refractivity contribution is 5.95. The predicted octanol–water partition coefficient (Wildman–Crippen LogP) is 19.6. The molecule has 7 aromatic carbocycles. The molecule has 1 N–H and O–H groups in total. The van der Waals surface area contributed by atoms with Crippen LogP contribution in [0.4, 0.5) is 0 Å². The molecule has 0 saturated heterocycles. The van der Waals surface area contributed by atoms with Crippen LogP contribution in [-0.4, -0.2) is 76.1 Å². The lowest BCUT2D eigenvalue weighted by Gasteiger charge is -2.26. The number of rotatable bonds is 37. The summed E-state index contributed by atoms with van der Waals surface area (Å²) in [6.07, 6.45) is 20.6. The molecule has 0 aromatic heterocycles. The summed E-state index contributed by atoms with van der Waals surface area (Å²) < 4.78 is 15.5. The number of aromatic carboxylic acids is 1. The molecule has 0 radical (unpaired) electrons. The topological polar surface area (TPSA) is 236 Å². The Labute approximate surface area is 660 Å². The maximum atomic E-state index is 11.6. The normalized spacial score (nSPS) is 9.96. The first-order chi connectivity index (χ1) is 53.3. The van der Waals surface area contributed by atoms with Crippen LogP contribution in [0.25, 0.3) is 24.3 Å². The van der Waals surface area contributed by atoms with Crippen LogP contribution in [0, 0.1) is 5.92 Å². The summed E-state index contributed by atoms with van der Waals surface area (Å²) in [5.41, 5.74) is 11.2. The largest absolute Gasteiger partial charge is 0.478 e. The summed E-state index contributed by atoms with van der Waals surface area (Å²) in [6, 6.07) is 52.5. The number of allylic oxidation sites excluding steroid dienone is 7. The quantitative estimate of drug-likeness (QED) is 0.0216. The molecule has 0 heterocycles. The number of esters is 3. The van der Waals surface area contributed by atoms with Gasteiger partial charge in [0.1, 0.15) is 11.5 Å². The van der Waals surface area contributed by atoms with E-state index in [1.54, 1.807) is 44.2 Å². The summed E-state index contributed by atoms with van der Waals surface area (Å²) in [7, 11) is 0. The number of carboxylic acid groups (broad SMARTS) is 1. The number of hydrogen-bond donors (Lipinski definition) is 1. The van der Waals surface area contributed by atoms with Crippen molar-refractivity contribution in [3.63, 3.8) is 0 Å². The molecule has 112 heavy (non-hydrogen) atoms. The summed E-state index contributed by atoms with van der Waals surface area (Å²) in [4.78, 5) is 123. The second kappa shape index (κ2) is 54.1. The van der Waals surface area contributed by atoms with Crippen molar-refractivity contribution in [3.05, 3.63) is 388 Å². The van der Waals surface area contributed by atoms with Gasteiger partial charge in [-0.15, -0.1) is 0 Å². The van der Waals surface area contributed by atoms with Crippen molar-refractivity contribution in [2.24, 2.45) is 5.92 Å². The standard InChI is InChI=1S/C23H24O4.C16H18O3.C15H14O4.C14H14O2.2C10H10.C9H12O2/c1-15(2)21(24)26-19-11-7-17(8-12-19)23(5,6)18-9-13-20(14-10-18)27-22(25)16(3)4;1-3-15(17)11-14(12-19-16(18)4-2)10-13-8-6-5-7-9-13;1-3-13(16)8-10-5-11(9-14(17)4-2)7-12(6-10)15(18)19;1-3-13(15)9-11-5-7-12(8-6-11)10-14(16)4-2;1-3-9-6-5-7-10(4-2)8-9;1-3-9-7-5-6-8-10(9)4-2;1-3-8(10)6-5-7-9(11)4-2/h7-14H,1,3H2,2,4-6H3;3-9,14H,1-2,10-12H2;3-7H,1-2,8-9H2,(H,18,19);3-8H,1-2,9-10H2;2*3-8H,1-2H2;3-4H,1-2,5-7H2. The van der Waals surface area contributed by atoms with Crippen LogP contribution in [0.5, 0.6) is 11.5 Å². The van der Waals surface area contributed by atoms with Gasteiger partial charge in [-0.2, -0.15) is 0 Å².